The molecule has 2 aromatic heterocycles. The second-order valence-corrected chi connectivity index (χ2v) is 9.21. The van der Waals surface area contributed by atoms with E-state index >= 15 is 0 Å². The molecule has 0 N–H and O–H groups in total. The summed E-state index contributed by atoms with van der Waals surface area (Å²) in [6.45, 7) is 9.07. The fraction of sp³-hybridized carbons (Fsp3) is 0.259. The summed E-state index contributed by atoms with van der Waals surface area (Å²) < 4.78 is 2.24. The van der Waals surface area contributed by atoms with Crippen LogP contribution in [0.5, 0.6) is 0 Å². The lowest BCUT2D eigenvalue weighted by molar-refractivity contribution is -0.659. The number of hydrogen-bond donors (Lipinski definition) is 0. The monoisotopic (exact) mass is 381 g/mol. The molecular weight excluding hydrogens is 352 g/mol. The molecule has 0 fully saturated rings. The van der Waals surface area contributed by atoms with Gasteiger partial charge in [0.05, 0.1) is 10.9 Å². The Hall–Kier alpha value is -3.00. The Labute approximate surface area is 173 Å². The largest absolute Gasteiger partial charge is 0.264 e. The summed E-state index contributed by atoms with van der Waals surface area (Å²) in [7, 11) is 2.13. The van der Waals surface area contributed by atoms with Gasteiger partial charge in [-0.15, -0.1) is 0 Å². The van der Waals surface area contributed by atoms with Crippen molar-refractivity contribution in [3.05, 3.63) is 84.3 Å². The summed E-state index contributed by atoms with van der Waals surface area (Å²) >= 11 is 0. The molecule has 0 unspecified atom stereocenters. The number of pyridine rings is 2. The minimum absolute atomic E-state index is 0.282. The molecule has 2 nitrogen and oxygen atoms in total. The molecule has 0 bridgehead atoms. The van der Waals surface area contributed by atoms with E-state index in [1.807, 2.05) is 18.5 Å². The van der Waals surface area contributed by atoms with Crippen LogP contribution in [0.3, 0.4) is 0 Å². The lowest BCUT2D eigenvalue weighted by atomic mass is 9.87. The van der Waals surface area contributed by atoms with E-state index < -0.39 is 0 Å². The van der Waals surface area contributed by atoms with Gasteiger partial charge in [0, 0.05) is 24.0 Å². The van der Waals surface area contributed by atoms with E-state index in [2.05, 4.69) is 99.0 Å². The van der Waals surface area contributed by atoms with Crippen LogP contribution in [0.25, 0.3) is 33.2 Å². The van der Waals surface area contributed by atoms with Crippen molar-refractivity contribution in [1.29, 1.82) is 0 Å². The van der Waals surface area contributed by atoms with Crippen molar-refractivity contribution in [3.8, 4) is 22.4 Å². The second kappa shape index (κ2) is 7.44. The Bertz CT molecular complexity index is 1170. The first-order valence-corrected chi connectivity index (χ1v) is 10.2. The Morgan fingerprint density at radius 3 is 2.48 bits per heavy atom. The van der Waals surface area contributed by atoms with Gasteiger partial charge < -0.3 is 0 Å². The third-order valence-electron chi connectivity index (χ3n) is 5.42. The Morgan fingerprint density at radius 1 is 0.931 bits per heavy atom. The molecule has 0 aliphatic heterocycles. The quantitative estimate of drug-likeness (QED) is 0.381. The Morgan fingerprint density at radius 2 is 1.76 bits per heavy atom. The number of rotatable bonds is 3. The van der Waals surface area contributed by atoms with Gasteiger partial charge in [0.25, 0.3) is 0 Å². The first kappa shape index (κ1) is 19.3. The van der Waals surface area contributed by atoms with Gasteiger partial charge in [-0.05, 0) is 59.0 Å². The third-order valence-corrected chi connectivity index (χ3v) is 5.42. The van der Waals surface area contributed by atoms with E-state index in [1.165, 1.54) is 38.7 Å². The van der Waals surface area contributed by atoms with Crippen molar-refractivity contribution >= 4 is 10.8 Å². The van der Waals surface area contributed by atoms with Crippen LogP contribution < -0.4 is 4.57 Å². The van der Waals surface area contributed by atoms with Crippen LogP contribution >= 0.6 is 0 Å². The number of aryl methyl sites for hydroxylation is 2. The summed E-state index contributed by atoms with van der Waals surface area (Å²) in [6.07, 6.45) is 7.00. The highest BCUT2D eigenvalue weighted by Crippen LogP contribution is 2.32. The smallest absolute Gasteiger partial charge is 0.220 e. The molecule has 0 saturated heterocycles. The minimum Gasteiger partial charge on any atom is -0.264 e. The van der Waals surface area contributed by atoms with Crippen LogP contribution in [-0.2, 0) is 13.5 Å². The summed E-state index contributed by atoms with van der Waals surface area (Å²) in [5.74, 6) is 0. The van der Waals surface area contributed by atoms with Gasteiger partial charge in [0.1, 0.15) is 7.05 Å². The van der Waals surface area contributed by atoms with E-state index in [0.717, 1.165) is 12.0 Å². The fourth-order valence-electron chi connectivity index (χ4n) is 4.07. The van der Waals surface area contributed by atoms with Crippen LogP contribution in [0.4, 0.5) is 0 Å². The lowest BCUT2D eigenvalue weighted by Gasteiger charge is -2.18. The fourth-order valence-corrected chi connectivity index (χ4v) is 4.07. The molecular formula is C27H29N2+. The third kappa shape index (κ3) is 4.07. The zero-order valence-electron chi connectivity index (χ0n) is 18.0. The van der Waals surface area contributed by atoms with E-state index in [4.69, 9.17) is 0 Å². The summed E-state index contributed by atoms with van der Waals surface area (Å²) in [4.78, 5) is 4.29. The van der Waals surface area contributed by atoms with Gasteiger partial charge in [0.15, 0.2) is 6.20 Å². The molecule has 0 amide bonds. The van der Waals surface area contributed by atoms with Gasteiger partial charge >= 0.3 is 0 Å². The maximum absolute atomic E-state index is 4.29. The van der Waals surface area contributed by atoms with Gasteiger partial charge in [-0.25, -0.2) is 4.57 Å². The van der Waals surface area contributed by atoms with Crippen LogP contribution in [0.2, 0.25) is 0 Å². The maximum atomic E-state index is 4.29. The van der Waals surface area contributed by atoms with E-state index in [0.29, 0.717) is 0 Å². The van der Waals surface area contributed by atoms with Crippen molar-refractivity contribution in [2.45, 2.75) is 34.1 Å². The topological polar surface area (TPSA) is 16.8 Å². The van der Waals surface area contributed by atoms with Gasteiger partial charge in [-0.2, -0.15) is 0 Å². The zero-order chi connectivity index (χ0) is 20.6. The molecule has 2 heterocycles. The van der Waals surface area contributed by atoms with Gasteiger partial charge in [0.2, 0.25) is 5.69 Å². The predicted molar refractivity (Wildman–Crippen MR) is 122 cm³/mol. The average Bonchev–Trinajstić information content (AvgIpc) is 2.68. The molecule has 0 radical (unpaired) electrons. The molecule has 0 spiro atoms. The number of hydrogen-bond acceptors (Lipinski definition) is 1. The predicted octanol–water partition coefficient (Wildman–Crippen LogP) is 6.29. The van der Waals surface area contributed by atoms with Crippen molar-refractivity contribution in [1.82, 2.24) is 4.98 Å². The molecule has 4 aromatic rings. The van der Waals surface area contributed by atoms with Crippen LogP contribution in [-0.4, -0.2) is 4.98 Å². The van der Waals surface area contributed by atoms with Crippen LogP contribution in [0.1, 0.15) is 31.9 Å². The molecule has 0 aliphatic carbocycles. The zero-order valence-corrected chi connectivity index (χ0v) is 18.0. The molecule has 4 rings (SSSR count). The molecule has 0 atom stereocenters. The number of fused-ring (bicyclic) bond motifs is 1. The van der Waals surface area contributed by atoms with Gasteiger partial charge in [-0.3, -0.25) is 4.98 Å². The molecule has 0 aliphatic rings. The van der Waals surface area contributed by atoms with Crippen LogP contribution in [0, 0.1) is 12.3 Å². The van der Waals surface area contributed by atoms with Crippen molar-refractivity contribution in [2.24, 2.45) is 12.5 Å². The first-order valence-electron chi connectivity index (χ1n) is 10.2. The lowest BCUT2D eigenvalue weighted by Crippen LogP contribution is -2.30. The van der Waals surface area contributed by atoms with E-state index in [9.17, 15) is 0 Å². The van der Waals surface area contributed by atoms with Crippen molar-refractivity contribution in [3.63, 3.8) is 0 Å². The molecule has 29 heavy (non-hydrogen) atoms. The molecule has 2 heteroatoms. The Balaban J connectivity index is 1.88. The number of benzene rings is 2. The second-order valence-electron chi connectivity index (χ2n) is 9.21. The van der Waals surface area contributed by atoms with E-state index in [-0.39, 0.29) is 5.41 Å². The van der Waals surface area contributed by atoms with Gasteiger partial charge in [-0.1, -0.05) is 51.1 Å². The highest BCUT2D eigenvalue weighted by Gasteiger charge is 2.19. The average molecular weight is 382 g/mol. The molecule has 2 aromatic carbocycles. The molecule has 0 saturated carbocycles. The van der Waals surface area contributed by atoms with Crippen molar-refractivity contribution in [2.75, 3.05) is 0 Å². The summed E-state index contributed by atoms with van der Waals surface area (Å²) in [5.41, 5.74) is 7.82. The van der Waals surface area contributed by atoms with Crippen LogP contribution in [0.15, 0.2) is 73.2 Å². The SMILES string of the molecule is Cc1ccc(-c2cccnc2)cc1-c1c2ccc(CC(C)(C)C)cc2cc[n+]1C. The Kier molecular flexibility index (Phi) is 4.96. The molecule has 146 valence electrons. The number of aromatic nitrogens is 2. The summed E-state index contributed by atoms with van der Waals surface area (Å²) in [6, 6.07) is 20.0. The normalized spacial score (nSPS) is 11.8. The van der Waals surface area contributed by atoms with Crippen molar-refractivity contribution < 1.29 is 4.57 Å². The first-order chi connectivity index (χ1) is 13.8. The summed E-state index contributed by atoms with van der Waals surface area (Å²) in [5, 5.41) is 2.59. The maximum Gasteiger partial charge on any atom is 0.220 e. The highest BCUT2D eigenvalue weighted by molar-refractivity contribution is 5.94. The highest BCUT2D eigenvalue weighted by atomic mass is 14.9. The number of nitrogens with zero attached hydrogens (tertiary/aromatic N) is 2. The minimum atomic E-state index is 0.282. The van der Waals surface area contributed by atoms with E-state index in [1.54, 1.807) is 0 Å². The standard InChI is InChI=1S/C27H29N2/c1-19-8-10-21(23-7-6-13-28-18-23)16-25(19)26-24-11-9-20(17-27(2,3)4)15-22(24)12-14-29(26)5/h6-16,18H,17H2,1-5H3/q+1.